The molecule has 0 bridgehead atoms. The van der Waals surface area contributed by atoms with Gasteiger partial charge in [-0.2, -0.15) is 0 Å². The van der Waals surface area contributed by atoms with Gasteiger partial charge in [-0.25, -0.2) is 0 Å². The molecule has 6 nitrogen and oxygen atoms in total. The van der Waals surface area contributed by atoms with Crippen LogP contribution in [0.5, 0.6) is 11.5 Å². The van der Waals surface area contributed by atoms with Gasteiger partial charge in [-0.3, -0.25) is 9.69 Å². The van der Waals surface area contributed by atoms with Crippen molar-refractivity contribution in [1.82, 2.24) is 9.80 Å². The standard InChI is InChI=1S/C24H23F3N2O4/c25-24(26,27)33-20-8-6-19(7-9-20)31-17-21-10-11-22(32-21)23(30)29-14-12-28(13-15-29)16-18-4-2-1-3-5-18/h1-11H,12-17H2. The molecule has 0 unspecified atom stereocenters. The van der Waals surface area contributed by atoms with E-state index in [1.165, 1.54) is 17.7 Å². The van der Waals surface area contributed by atoms with Crippen LogP contribution in [0.25, 0.3) is 0 Å². The van der Waals surface area contributed by atoms with Gasteiger partial charge in [-0.15, -0.1) is 13.2 Å². The van der Waals surface area contributed by atoms with Crippen LogP contribution in [-0.4, -0.2) is 48.2 Å². The topological polar surface area (TPSA) is 55.2 Å². The summed E-state index contributed by atoms with van der Waals surface area (Å²) in [5.41, 5.74) is 1.25. The molecule has 1 aliphatic heterocycles. The number of piperazine rings is 1. The first kappa shape index (κ1) is 22.7. The summed E-state index contributed by atoms with van der Waals surface area (Å²) in [6, 6.07) is 18.5. The lowest BCUT2D eigenvalue weighted by Gasteiger charge is -2.34. The Hall–Kier alpha value is -3.46. The van der Waals surface area contributed by atoms with Crippen molar-refractivity contribution in [3.05, 3.63) is 83.8 Å². The second kappa shape index (κ2) is 9.99. The summed E-state index contributed by atoms with van der Waals surface area (Å²) in [5, 5.41) is 0. The van der Waals surface area contributed by atoms with Gasteiger partial charge < -0.3 is 18.8 Å². The highest BCUT2D eigenvalue weighted by atomic mass is 19.4. The zero-order valence-corrected chi connectivity index (χ0v) is 17.8. The molecule has 1 aromatic heterocycles. The molecule has 174 valence electrons. The molecule has 0 saturated carbocycles. The number of carbonyl (C=O) groups excluding carboxylic acids is 1. The molecular formula is C24H23F3N2O4. The van der Waals surface area contributed by atoms with Gasteiger partial charge >= 0.3 is 6.36 Å². The number of carbonyl (C=O) groups is 1. The molecule has 0 spiro atoms. The molecule has 0 radical (unpaired) electrons. The average Bonchev–Trinajstić information content (AvgIpc) is 3.27. The monoisotopic (exact) mass is 460 g/mol. The molecule has 2 aromatic carbocycles. The Kier molecular flexibility index (Phi) is 6.88. The normalized spacial score (nSPS) is 14.8. The second-order valence-electron chi connectivity index (χ2n) is 7.63. The number of rotatable bonds is 7. The molecule has 0 N–H and O–H groups in total. The molecule has 9 heteroatoms. The van der Waals surface area contributed by atoms with Crippen molar-refractivity contribution in [2.45, 2.75) is 19.5 Å². The third-order valence-electron chi connectivity index (χ3n) is 5.22. The molecule has 1 fully saturated rings. The summed E-state index contributed by atoms with van der Waals surface area (Å²) in [6.07, 6.45) is -4.74. The van der Waals surface area contributed by atoms with Crippen molar-refractivity contribution in [3.8, 4) is 11.5 Å². The molecule has 0 atom stereocenters. The van der Waals surface area contributed by atoms with E-state index >= 15 is 0 Å². The van der Waals surface area contributed by atoms with Crippen LogP contribution >= 0.6 is 0 Å². The lowest BCUT2D eigenvalue weighted by Crippen LogP contribution is -2.48. The van der Waals surface area contributed by atoms with Crippen LogP contribution in [0.4, 0.5) is 13.2 Å². The summed E-state index contributed by atoms with van der Waals surface area (Å²) in [6.45, 7) is 3.69. The molecule has 1 amide bonds. The lowest BCUT2D eigenvalue weighted by atomic mass is 10.2. The molecule has 0 aliphatic carbocycles. The Morgan fingerprint density at radius 1 is 0.879 bits per heavy atom. The van der Waals surface area contributed by atoms with Crippen molar-refractivity contribution < 1.29 is 31.9 Å². The zero-order chi connectivity index (χ0) is 23.3. The van der Waals surface area contributed by atoms with E-state index in [1.54, 1.807) is 17.0 Å². The third-order valence-corrected chi connectivity index (χ3v) is 5.22. The van der Waals surface area contributed by atoms with Crippen molar-refractivity contribution in [2.24, 2.45) is 0 Å². The van der Waals surface area contributed by atoms with Gasteiger partial charge in [0.2, 0.25) is 0 Å². The number of hydrogen-bond acceptors (Lipinski definition) is 5. The quantitative estimate of drug-likeness (QED) is 0.511. The number of benzene rings is 2. The van der Waals surface area contributed by atoms with Crippen molar-refractivity contribution in [2.75, 3.05) is 26.2 Å². The van der Waals surface area contributed by atoms with E-state index in [-0.39, 0.29) is 24.0 Å². The van der Waals surface area contributed by atoms with E-state index in [9.17, 15) is 18.0 Å². The van der Waals surface area contributed by atoms with Gasteiger partial charge in [0.05, 0.1) is 0 Å². The van der Waals surface area contributed by atoms with Crippen LogP contribution in [0.3, 0.4) is 0 Å². The predicted molar refractivity (Wildman–Crippen MR) is 114 cm³/mol. The van der Waals surface area contributed by atoms with Gasteiger partial charge in [-0.1, -0.05) is 30.3 Å². The van der Waals surface area contributed by atoms with Crippen molar-refractivity contribution in [1.29, 1.82) is 0 Å². The Labute approximate surface area is 189 Å². The smallest absolute Gasteiger partial charge is 0.486 e. The number of ether oxygens (including phenoxy) is 2. The lowest BCUT2D eigenvalue weighted by molar-refractivity contribution is -0.274. The Morgan fingerprint density at radius 3 is 2.21 bits per heavy atom. The largest absolute Gasteiger partial charge is 0.573 e. The number of halogens is 3. The van der Waals surface area contributed by atoms with Crippen LogP contribution in [0.15, 0.2) is 71.1 Å². The molecule has 1 saturated heterocycles. The van der Waals surface area contributed by atoms with Crippen molar-refractivity contribution >= 4 is 5.91 Å². The maximum absolute atomic E-state index is 12.8. The first-order chi connectivity index (χ1) is 15.9. The van der Waals surface area contributed by atoms with E-state index in [0.29, 0.717) is 24.6 Å². The molecule has 1 aliphatic rings. The minimum Gasteiger partial charge on any atom is -0.486 e. The van der Waals surface area contributed by atoms with E-state index in [2.05, 4.69) is 21.8 Å². The van der Waals surface area contributed by atoms with E-state index in [4.69, 9.17) is 9.15 Å². The maximum Gasteiger partial charge on any atom is 0.573 e. The van der Waals surface area contributed by atoms with Gasteiger partial charge in [0.1, 0.15) is 23.9 Å². The maximum atomic E-state index is 12.8. The SMILES string of the molecule is O=C(c1ccc(COc2ccc(OC(F)(F)F)cc2)o1)N1CCN(Cc2ccccc2)CC1. The molecule has 3 aromatic rings. The third kappa shape index (κ3) is 6.52. The number of alkyl halides is 3. The molecular weight excluding hydrogens is 437 g/mol. The minimum absolute atomic E-state index is 0.0393. The van der Waals surface area contributed by atoms with Gasteiger partial charge in [0.15, 0.2) is 5.76 Å². The number of hydrogen-bond donors (Lipinski definition) is 0. The highest BCUT2D eigenvalue weighted by molar-refractivity contribution is 5.91. The summed E-state index contributed by atoms with van der Waals surface area (Å²) in [7, 11) is 0. The Balaban J connectivity index is 1.25. The fourth-order valence-corrected chi connectivity index (χ4v) is 3.57. The average molecular weight is 460 g/mol. The number of nitrogens with zero attached hydrogens (tertiary/aromatic N) is 2. The first-order valence-electron chi connectivity index (χ1n) is 10.5. The predicted octanol–water partition coefficient (Wildman–Crippen LogP) is 4.72. The zero-order valence-electron chi connectivity index (χ0n) is 17.8. The Bertz CT molecular complexity index is 1040. The van der Waals surface area contributed by atoms with Crippen LogP contribution in [0.2, 0.25) is 0 Å². The van der Waals surface area contributed by atoms with Gasteiger partial charge in [0, 0.05) is 32.7 Å². The second-order valence-corrected chi connectivity index (χ2v) is 7.63. The van der Waals surface area contributed by atoms with Gasteiger partial charge in [-0.05, 0) is 42.0 Å². The fourth-order valence-electron chi connectivity index (χ4n) is 3.57. The van der Waals surface area contributed by atoms with Crippen LogP contribution in [0.1, 0.15) is 21.9 Å². The highest BCUT2D eigenvalue weighted by Crippen LogP contribution is 2.25. The minimum atomic E-state index is -4.74. The highest BCUT2D eigenvalue weighted by Gasteiger charge is 2.31. The summed E-state index contributed by atoms with van der Waals surface area (Å²) in [4.78, 5) is 16.9. The van der Waals surface area contributed by atoms with Crippen LogP contribution < -0.4 is 9.47 Å². The van der Waals surface area contributed by atoms with Crippen LogP contribution in [-0.2, 0) is 13.2 Å². The number of amides is 1. The fraction of sp³-hybridized carbons (Fsp3) is 0.292. The van der Waals surface area contributed by atoms with E-state index in [0.717, 1.165) is 31.8 Å². The summed E-state index contributed by atoms with van der Waals surface area (Å²) < 4.78 is 51.6. The van der Waals surface area contributed by atoms with E-state index in [1.807, 2.05) is 18.2 Å². The van der Waals surface area contributed by atoms with E-state index < -0.39 is 6.36 Å². The van der Waals surface area contributed by atoms with Crippen LogP contribution in [0, 0.1) is 0 Å². The van der Waals surface area contributed by atoms with Crippen molar-refractivity contribution in [3.63, 3.8) is 0 Å². The Morgan fingerprint density at radius 2 is 1.55 bits per heavy atom. The molecule has 4 rings (SSSR count). The molecule has 2 heterocycles. The summed E-state index contributed by atoms with van der Waals surface area (Å²) >= 11 is 0. The molecule has 33 heavy (non-hydrogen) atoms. The number of furan rings is 1. The summed E-state index contributed by atoms with van der Waals surface area (Å²) in [5.74, 6) is 0.526. The first-order valence-corrected chi connectivity index (χ1v) is 10.5. The van der Waals surface area contributed by atoms with Gasteiger partial charge in [0.25, 0.3) is 5.91 Å².